The first-order chi connectivity index (χ1) is 10.0. The summed E-state index contributed by atoms with van der Waals surface area (Å²) >= 11 is 0. The highest BCUT2D eigenvalue weighted by Crippen LogP contribution is 2.18. The maximum absolute atomic E-state index is 12.2. The predicted molar refractivity (Wildman–Crippen MR) is 78.4 cm³/mol. The molecule has 6 nitrogen and oxygen atoms in total. The van der Waals surface area contributed by atoms with E-state index in [9.17, 15) is 14.4 Å². The van der Waals surface area contributed by atoms with Crippen molar-refractivity contribution in [1.82, 2.24) is 10.2 Å². The molecule has 6 heteroatoms. The van der Waals surface area contributed by atoms with Crippen molar-refractivity contribution in [3.05, 3.63) is 12.7 Å². The summed E-state index contributed by atoms with van der Waals surface area (Å²) in [7, 11) is 1.32. The summed E-state index contributed by atoms with van der Waals surface area (Å²) in [6, 6.07) is -0.583. The van der Waals surface area contributed by atoms with Crippen molar-refractivity contribution in [2.45, 2.75) is 38.6 Å². The molecule has 0 unspecified atom stereocenters. The predicted octanol–water partition coefficient (Wildman–Crippen LogP) is 0.869. The van der Waals surface area contributed by atoms with Crippen LogP contribution in [0, 0.1) is 5.92 Å². The second-order valence-electron chi connectivity index (χ2n) is 5.18. The van der Waals surface area contributed by atoms with Crippen LogP contribution in [0.25, 0.3) is 0 Å². The molecule has 1 heterocycles. The van der Waals surface area contributed by atoms with Crippen LogP contribution >= 0.6 is 0 Å². The lowest BCUT2D eigenvalue weighted by Crippen LogP contribution is -2.47. The van der Waals surface area contributed by atoms with E-state index in [0.717, 1.165) is 6.42 Å². The fourth-order valence-corrected chi connectivity index (χ4v) is 2.46. The Morgan fingerprint density at radius 2 is 2.00 bits per heavy atom. The van der Waals surface area contributed by atoms with Crippen LogP contribution in [-0.2, 0) is 19.1 Å². The van der Waals surface area contributed by atoms with Crippen molar-refractivity contribution >= 4 is 17.8 Å². The maximum Gasteiger partial charge on any atom is 0.328 e. The van der Waals surface area contributed by atoms with Gasteiger partial charge in [-0.1, -0.05) is 19.9 Å². The van der Waals surface area contributed by atoms with E-state index in [1.54, 1.807) is 4.90 Å². The normalized spacial score (nSPS) is 17.0. The lowest BCUT2D eigenvalue weighted by molar-refractivity contribution is -0.146. The Morgan fingerprint density at radius 1 is 1.38 bits per heavy atom. The number of piperidine rings is 1. The zero-order chi connectivity index (χ0) is 15.8. The number of likely N-dealkylation sites (tertiary alicyclic amines) is 1. The van der Waals surface area contributed by atoms with Gasteiger partial charge in [0, 0.05) is 19.0 Å². The largest absolute Gasteiger partial charge is 0.467 e. The SMILES string of the molecule is C=CC(=O)N1CCC(C(=O)N[C@H](CCC)C(=O)OC)CC1. The summed E-state index contributed by atoms with van der Waals surface area (Å²) in [6.07, 6.45) is 3.84. The van der Waals surface area contributed by atoms with Gasteiger partial charge in [0.1, 0.15) is 6.04 Å². The van der Waals surface area contributed by atoms with E-state index < -0.39 is 12.0 Å². The first-order valence-electron chi connectivity index (χ1n) is 7.33. The number of ether oxygens (including phenoxy) is 1. The van der Waals surface area contributed by atoms with Crippen LogP contribution in [0.3, 0.4) is 0 Å². The summed E-state index contributed by atoms with van der Waals surface area (Å²) in [5.41, 5.74) is 0. The van der Waals surface area contributed by atoms with E-state index in [2.05, 4.69) is 11.9 Å². The van der Waals surface area contributed by atoms with Crippen LogP contribution in [0.1, 0.15) is 32.6 Å². The molecule has 0 aromatic rings. The average Bonchev–Trinajstić information content (AvgIpc) is 2.52. The van der Waals surface area contributed by atoms with Gasteiger partial charge >= 0.3 is 5.97 Å². The van der Waals surface area contributed by atoms with Gasteiger partial charge in [0.25, 0.3) is 0 Å². The topological polar surface area (TPSA) is 75.7 Å². The van der Waals surface area contributed by atoms with Gasteiger partial charge in [0.2, 0.25) is 11.8 Å². The Hall–Kier alpha value is -1.85. The summed E-state index contributed by atoms with van der Waals surface area (Å²) in [4.78, 5) is 37.0. The maximum atomic E-state index is 12.2. The van der Waals surface area contributed by atoms with Gasteiger partial charge in [0.05, 0.1) is 7.11 Å². The van der Waals surface area contributed by atoms with Crippen LogP contribution in [0.2, 0.25) is 0 Å². The third-order valence-electron chi connectivity index (χ3n) is 3.73. The quantitative estimate of drug-likeness (QED) is 0.583. The first-order valence-corrected chi connectivity index (χ1v) is 7.33. The van der Waals surface area contributed by atoms with Crippen LogP contribution in [0.5, 0.6) is 0 Å². The van der Waals surface area contributed by atoms with Crippen molar-refractivity contribution in [2.24, 2.45) is 5.92 Å². The van der Waals surface area contributed by atoms with Crippen molar-refractivity contribution in [3.63, 3.8) is 0 Å². The molecule has 0 radical (unpaired) electrons. The van der Waals surface area contributed by atoms with Crippen molar-refractivity contribution in [3.8, 4) is 0 Å². The van der Waals surface area contributed by atoms with Crippen LogP contribution in [-0.4, -0.2) is 48.9 Å². The van der Waals surface area contributed by atoms with Gasteiger partial charge in [-0.05, 0) is 25.3 Å². The fourth-order valence-electron chi connectivity index (χ4n) is 2.46. The molecule has 1 rings (SSSR count). The molecule has 0 bridgehead atoms. The van der Waals surface area contributed by atoms with Crippen molar-refractivity contribution < 1.29 is 19.1 Å². The standard InChI is InChI=1S/C15H24N2O4/c1-4-6-12(15(20)21-3)16-14(19)11-7-9-17(10-8-11)13(18)5-2/h5,11-12H,2,4,6-10H2,1,3H3,(H,16,19)/t12-/m1/s1. The Balaban J connectivity index is 2.51. The van der Waals surface area contributed by atoms with Crippen LogP contribution < -0.4 is 5.32 Å². The second kappa shape index (κ2) is 8.44. The van der Waals surface area contributed by atoms with Gasteiger partial charge in [-0.15, -0.1) is 0 Å². The number of hydrogen-bond donors (Lipinski definition) is 1. The molecule has 0 saturated carbocycles. The molecule has 0 aromatic heterocycles. The van der Waals surface area contributed by atoms with E-state index in [1.165, 1.54) is 13.2 Å². The number of nitrogens with zero attached hydrogens (tertiary/aromatic N) is 1. The molecule has 1 atom stereocenters. The van der Waals surface area contributed by atoms with Crippen LogP contribution in [0.4, 0.5) is 0 Å². The van der Waals surface area contributed by atoms with E-state index in [0.29, 0.717) is 32.4 Å². The van der Waals surface area contributed by atoms with Crippen molar-refractivity contribution in [2.75, 3.05) is 20.2 Å². The number of carbonyl (C=O) groups is 3. The van der Waals surface area contributed by atoms with Gasteiger partial charge in [0.15, 0.2) is 0 Å². The number of carbonyl (C=O) groups excluding carboxylic acids is 3. The fraction of sp³-hybridized carbons (Fsp3) is 0.667. The highest BCUT2D eigenvalue weighted by Gasteiger charge is 2.29. The van der Waals surface area contributed by atoms with Crippen LogP contribution in [0.15, 0.2) is 12.7 Å². The molecule has 1 N–H and O–H groups in total. The zero-order valence-electron chi connectivity index (χ0n) is 12.8. The smallest absolute Gasteiger partial charge is 0.328 e. The highest BCUT2D eigenvalue weighted by molar-refractivity contribution is 5.88. The lowest BCUT2D eigenvalue weighted by atomic mass is 9.95. The molecule has 21 heavy (non-hydrogen) atoms. The third kappa shape index (κ3) is 4.88. The number of nitrogens with one attached hydrogen (secondary N) is 1. The number of amides is 2. The molecule has 1 aliphatic heterocycles. The number of rotatable bonds is 6. The van der Waals surface area contributed by atoms with E-state index >= 15 is 0 Å². The monoisotopic (exact) mass is 296 g/mol. The molecule has 1 aliphatic rings. The first kappa shape index (κ1) is 17.2. The number of esters is 1. The minimum absolute atomic E-state index is 0.104. The third-order valence-corrected chi connectivity index (χ3v) is 3.73. The van der Waals surface area contributed by atoms with Crippen molar-refractivity contribution in [1.29, 1.82) is 0 Å². The minimum atomic E-state index is -0.583. The Bertz CT molecular complexity index is 400. The molecule has 2 amide bonds. The molecule has 0 aromatic carbocycles. The van der Waals surface area contributed by atoms with E-state index in [-0.39, 0.29) is 17.7 Å². The summed E-state index contributed by atoms with van der Waals surface area (Å²) < 4.78 is 4.70. The molecule has 0 aliphatic carbocycles. The molecule has 1 saturated heterocycles. The molecule has 118 valence electrons. The number of methoxy groups -OCH3 is 1. The van der Waals surface area contributed by atoms with Gasteiger partial charge < -0.3 is 15.0 Å². The van der Waals surface area contributed by atoms with E-state index in [4.69, 9.17) is 4.74 Å². The Kier molecular flexibility index (Phi) is 6.91. The molecular formula is C15H24N2O4. The Labute approximate surface area is 125 Å². The lowest BCUT2D eigenvalue weighted by Gasteiger charge is -2.31. The number of hydrogen-bond acceptors (Lipinski definition) is 4. The molecule has 0 spiro atoms. The van der Waals surface area contributed by atoms with E-state index in [1.807, 2.05) is 6.92 Å². The average molecular weight is 296 g/mol. The van der Waals surface area contributed by atoms with Gasteiger partial charge in [-0.3, -0.25) is 9.59 Å². The van der Waals surface area contributed by atoms with Gasteiger partial charge in [-0.25, -0.2) is 4.79 Å². The van der Waals surface area contributed by atoms with Gasteiger partial charge in [-0.2, -0.15) is 0 Å². The summed E-state index contributed by atoms with van der Waals surface area (Å²) in [6.45, 7) is 6.49. The summed E-state index contributed by atoms with van der Waals surface area (Å²) in [5.74, 6) is -0.816. The minimum Gasteiger partial charge on any atom is -0.467 e. The Morgan fingerprint density at radius 3 is 2.48 bits per heavy atom. The molecular weight excluding hydrogens is 272 g/mol. The molecule has 1 fully saturated rings. The second-order valence-corrected chi connectivity index (χ2v) is 5.18. The highest BCUT2D eigenvalue weighted by atomic mass is 16.5. The zero-order valence-corrected chi connectivity index (χ0v) is 12.8. The summed E-state index contributed by atoms with van der Waals surface area (Å²) in [5, 5.41) is 2.76.